The first-order chi connectivity index (χ1) is 9.28. The summed E-state index contributed by atoms with van der Waals surface area (Å²) < 4.78 is 5.32. The summed E-state index contributed by atoms with van der Waals surface area (Å²) in [7, 11) is 1.70. The largest absolute Gasteiger partial charge is 0.497 e. The maximum absolute atomic E-state index is 5.32. The van der Waals surface area contributed by atoms with E-state index in [0.29, 0.717) is 0 Å². The second-order valence-electron chi connectivity index (χ2n) is 4.77. The summed E-state index contributed by atoms with van der Waals surface area (Å²) in [6.07, 6.45) is 0. The standard InChI is InChI=1S/C18H16O/c1-13-10-14-6-3-4-9-17(14)18(11-13)15-7-5-8-16(12-15)19-2/h3-12H,1-2H3. The van der Waals surface area contributed by atoms with Gasteiger partial charge < -0.3 is 4.74 Å². The average Bonchev–Trinajstić information content (AvgIpc) is 2.46. The fourth-order valence-corrected chi connectivity index (χ4v) is 2.49. The van der Waals surface area contributed by atoms with Crippen LogP contribution in [0.25, 0.3) is 21.9 Å². The van der Waals surface area contributed by atoms with Crippen LogP contribution in [0.3, 0.4) is 0 Å². The number of fused-ring (bicyclic) bond motifs is 1. The summed E-state index contributed by atoms with van der Waals surface area (Å²) in [5, 5.41) is 2.56. The highest BCUT2D eigenvalue weighted by Crippen LogP contribution is 2.31. The van der Waals surface area contributed by atoms with Crippen LogP contribution in [0.1, 0.15) is 5.56 Å². The van der Waals surface area contributed by atoms with Gasteiger partial charge in [-0.05, 0) is 46.5 Å². The third-order valence-electron chi connectivity index (χ3n) is 3.39. The molecule has 0 unspecified atom stereocenters. The number of hydrogen-bond acceptors (Lipinski definition) is 1. The lowest BCUT2D eigenvalue weighted by molar-refractivity contribution is 0.415. The van der Waals surface area contributed by atoms with E-state index in [1.54, 1.807) is 7.11 Å². The molecule has 0 aliphatic rings. The molecule has 0 heterocycles. The molecule has 0 radical (unpaired) electrons. The normalized spacial score (nSPS) is 10.6. The fourth-order valence-electron chi connectivity index (χ4n) is 2.49. The summed E-state index contributed by atoms with van der Waals surface area (Å²) in [5.41, 5.74) is 3.73. The molecule has 0 fully saturated rings. The number of hydrogen-bond donors (Lipinski definition) is 0. The average molecular weight is 248 g/mol. The van der Waals surface area contributed by atoms with Gasteiger partial charge in [-0.2, -0.15) is 0 Å². The van der Waals surface area contributed by atoms with Crippen molar-refractivity contribution in [2.75, 3.05) is 7.11 Å². The van der Waals surface area contributed by atoms with Gasteiger partial charge in [-0.15, -0.1) is 0 Å². The van der Waals surface area contributed by atoms with Gasteiger partial charge in [-0.3, -0.25) is 0 Å². The van der Waals surface area contributed by atoms with Gasteiger partial charge in [0, 0.05) is 0 Å². The van der Waals surface area contributed by atoms with Crippen LogP contribution < -0.4 is 4.74 Å². The van der Waals surface area contributed by atoms with Crippen LogP contribution in [0.15, 0.2) is 60.7 Å². The number of aryl methyl sites for hydroxylation is 1. The lowest BCUT2D eigenvalue weighted by Crippen LogP contribution is -1.86. The van der Waals surface area contributed by atoms with Crippen molar-refractivity contribution in [3.8, 4) is 16.9 Å². The molecule has 0 aliphatic carbocycles. The molecule has 1 nitrogen and oxygen atoms in total. The highest BCUT2D eigenvalue weighted by molar-refractivity contribution is 5.97. The van der Waals surface area contributed by atoms with Crippen LogP contribution in [0.4, 0.5) is 0 Å². The van der Waals surface area contributed by atoms with Crippen molar-refractivity contribution < 1.29 is 4.74 Å². The SMILES string of the molecule is COc1cccc(-c2cc(C)cc3ccccc23)c1. The second kappa shape index (κ2) is 4.77. The molecule has 1 heteroatoms. The Hall–Kier alpha value is -2.28. The Bertz CT molecular complexity index is 729. The summed E-state index contributed by atoms with van der Waals surface area (Å²) in [6, 6.07) is 21.2. The maximum Gasteiger partial charge on any atom is 0.119 e. The molecular formula is C18H16O. The van der Waals surface area contributed by atoms with Crippen LogP contribution >= 0.6 is 0 Å². The Labute approximate surface area is 113 Å². The molecule has 0 N–H and O–H groups in total. The van der Waals surface area contributed by atoms with E-state index in [0.717, 1.165) is 5.75 Å². The Morgan fingerprint density at radius 2 is 1.68 bits per heavy atom. The molecule has 3 aromatic rings. The quantitative estimate of drug-likeness (QED) is 0.631. The highest BCUT2D eigenvalue weighted by atomic mass is 16.5. The molecule has 0 bridgehead atoms. The predicted molar refractivity (Wildman–Crippen MR) is 80.7 cm³/mol. The van der Waals surface area contributed by atoms with Crippen molar-refractivity contribution in [3.05, 3.63) is 66.2 Å². The minimum atomic E-state index is 0.892. The van der Waals surface area contributed by atoms with Crippen molar-refractivity contribution in [3.63, 3.8) is 0 Å². The third-order valence-corrected chi connectivity index (χ3v) is 3.39. The summed E-state index contributed by atoms with van der Waals surface area (Å²) in [4.78, 5) is 0. The highest BCUT2D eigenvalue weighted by Gasteiger charge is 2.05. The van der Waals surface area contributed by atoms with Crippen LogP contribution in [0, 0.1) is 6.92 Å². The van der Waals surface area contributed by atoms with Crippen molar-refractivity contribution in [1.29, 1.82) is 0 Å². The van der Waals surface area contributed by atoms with Crippen LogP contribution in [-0.4, -0.2) is 7.11 Å². The summed E-state index contributed by atoms with van der Waals surface area (Å²) in [5.74, 6) is 0.892. The fraction of sp³-hybridized carbons (Fsp3) is 0.111. The molecule has 0 amide bonds. The van der Waals surface area contributed by atoms with Gasteiger partial charge in [-0.25, -0.2) is 0 Å². The minimum Gasteiger partial charge on any atom is -0.497 e. The van der Waals surface area contributed by atoms with Gasteiger partial charge >= 0.3 is 0 Å². The Balaban J connectivity index is 2.29. The van der Waals surface area contributed by atoms with Gasteiger partial charge in [-0.1, -0.05) is 48.5 Å². The number of rotatable bonds is 2. The predicted octanol–water partition coefficient (Wildman–Crippen LogP) is 4.82. The van der Waals surface area contributed by atoms with Gasteiger partial charge in [0.2, 0.25) is 0 Å². The van der Waals surface area contributed by atoms with Crippen LogP contribution in [0.5, 0.6) is 5.75 Å². The molecule has 0 aliphatic heterocycles. The smallest absolute Gasteiger partial charge is 0.119 e. The van der Waals surface area contributed by atoms with Crippen molar-refractivity contribution in [1.82, 2.24) is 0 Å². The number of ether oxygens (including phenoxy) is 1. The molecule has 3 aromatic carbocycles. The molecule has 0 atom stereocenters. The van der Waals surface area contributed by atoms with E-state index < -0.39 is 0 Å². The zero-order valence-corrected chi connectivity index (χ0v) is 11.2. The van der Waals surface area contributed by atoms with Crippen molar-refractivity contribution in [2.24, 2.45) is 0 Å². The Kier molecular flexibility index (Phi) is 2.96. The minimum absolute atomic E-state index is 0.892. The zero-order valence-electron chi connectivity index (χ0n) is 11.2. The van der Waals surface area contributed by atoms with Gasteiger partial charge in [0.15, 0.2) is 0 Å². The van der Waals surface area contributed by atoms with E-state index in [2.05, 4.69) is 55.5 Å². The lowest BCUT2D eigenvalue weighted by atomic mass is 9.96. The first kappa shape index (κ1) is 11.8. The van der Waals surface area contributed by atoms with E-state index in [-0.39, 0.29) is 0 Å². The monoisotopic (exact) mass is 248 g/mol. The zero-order chi connectivity index (χ0) is 13.2. The first-order valence-electron chi connectivity index (χ1n) is 6.42. The lowest BCUT2D eigenvalue weighted by Gasteiger charge is -2.10. The Morgan fingerprint density at radius 3 is 2.53 bits per heavy atom. The molecular weight excluding hydrogens is 232 g/mol. The second-order valence-corrected chi connectivity index (χ2v) is 4.77. The van der Waals surface area contributed by atoms with E-state index >= 15 is 0 Å². The third kappa shape index (κ3) is 2.19. The van der Waals surface area contributed by atoms with Crippen molar-refractivity contribution >= 4 is 10.8 Å². The Morgan fingerprint density at radius 1 is 0.842 bits per heavy atom. The van der Waals surface area contributed by atoms with E-state index in [1.807, 2.05) is 12.1 Å². The van der Waals surface area contributed by atoms with Crippen LogP contribution in [-0.2, 0) is 0 Å². The van der Waals surface area contributed by atoms with E-state index in [9.17, 15) is 0 Å². The van der Waals surface area contributed by atoms with Gasteiger partial charge in [0.05, 0.1) is 7.11 Å². The summed E-state index contributed by atoms with van der Waals surface area (Å²) >= 11 is 0. The van der Waals surface area contributed by atoms with Crippen molar-refractivity contribution in [2.45, 2.75) is 6.92 Å². The van der Waals surface area contributed by atoms with E-state index in [4.69, 9.17) is 4.74 Å². The molecule has 0 saturated carbocycles. The van der Waals surface area contributed by atoms with Crippen LogP contribution in [0.2, 0.25) is 0 Å². The molecule has 0 aromatic heterocycles. The van der Waals surface area contributed by atoms with Gasteiger partial charge in [0.1, 0.15) is 5.75 Å². The molecule has 0 spiro atoms. The molecule has 19 heavy (non-hydrogen) atoms. The first-order valence-corrected chi connectivity index (χ1v) is 6.42. The summed E-state index contributed by atoms with van der Waals surface area (Å²) in [6.45, 7) is 2.14. The van der Waals surface area contributed by atoms with Gasteiger partial charge in [0.25, 0.3) is 0 Å². The number of methoxy groups -OCH3 is 1. The molecule has 94 valence electrons. The molecule has 3 rings (SSSR count). The topological polar surface area (TPSA) is 9.23 Å². The molecule has 0 saturated heterocycles. The number of benzene rings is 3. The maximum atomic E-state index is 5.32. The van der Waals surface area contributed by atoms with E-state index in [1.165, 1.54) is 27.5 Å².